The number of hydrogen-bond acceptors (Lipinski definition) is 3. The van der Waals surface area contributed by atoms with Gasteiger partial charge in [-0.15, -0.1) is 34.0 Å². The van der Waals surface area contributed by atoms with Crippen LogP contribution in [0.2, 0.25) is 0 Å². The van der Waals surface area contributed by atoms with E-state index < -0.39 is 0 Å². The third-order valence-corrected chi connectivity index (χ3v) is 5.78. The maximum absolute atomic E-state index is 2.30. The molecule has 3 rings (SSSR count). The molecule has 0 radical (unpaired) electrons. The van der Waals surface area contributed by atoms with Gasteiger partial charge in [-0.05, 0) is 41.4 Å². The Labute approximate surface area is 107 Å². The molecule has 3 heteroatoms. The van der Waals surface area contributed by atoms with E-state index in [1.165, 1.54) is 25.1 Å². The van der Waals surface area contributed by atoms with Gasteiger partial charge in [0.25, 0.3) is 0 Å². The number of rotatable bonds is 2. The maximum Gasteiger partial charge on any atom is 0.0478 e. The summed E-state index contributed by atoms with van der Waals surface area (Å²) < 4.78 is 0. The summed E-state index contributed by atoms with van der Waals surface area (Å²) in [7, 11) is 0. The first-order valence-corrected chi connectivity index (χ1v) is 7.60. The molecule has 0 unspecified atom stereocenters. The fraction of sp³-hybridized carbons (Fsp3) is 0.0769. The predicted molar refractivity (Wildman–Crippen MR) is 75.7 cm³/mol. The van der Waals surface area contributed by atoms with Crippen molar-refractivity contribution in [1.29, 1.82) is 0 Å². The third kappa shape index (κ3) is 1.75. The van der Waals surface area contributed by atoms with Crippen LogP contribution in [0.25, 0.3) is 19.5 Å². The highest BCUT2D eigenvalue weighted by Gasteiger charge is 2.10. The van der Waals surface area contributed by atoms with Crippen LogP contribution in [-0.2, 0) is 0 Å². The van der Waals surface area contributed by atoms with Gasteiger partial charge in [-0.3, -0.25) is 0 Å². The lowest BCUT2D eigenvalue weighted by Gasteiger charge is -1.92. The Bertz CT molecular complexity index is 571. The molecule has 0 fully saturated rings. The van der Waals surface area contributed by atoms with Crippen LogP contribution in [0.5, 0.6) is 0 Å². The third-order valence-electron chi connectivity index (χ3n) is 2.43. The van der Waals surface area contributed by atoms with Crippen LogP contribution in [-0.4, -0.2) is 0 Å². The molecule has 3 aromatic heterocycles. The minimum absolute atomic E-state index is 1.37. The molecule has 0 spiro atoms. The van der Waals surface area contributed by atoms with Gasteiger partial charge in [0.2, 0.25) is 0 Å². The summed E-state index contributed by atoms with van der Waals surface area (Å²) in [5.74, 6) is 0. The summed E-state index contributed by atoms with van der Waals surface area (Å²) >= 11 is 5.52. The molecule has 3 aromatic rings. The molecular formula is C13H10S3. The molecule has 0 saturated heterocycles. The van der Waals surface area contributed by atoms with Crippen LogP contribution >= 0.6 is 34.0 Å². The van der Waals surface area contributed by atoms with E-state index in [0.717, 1.165) is 0 Å². The fourth-order valence-electron chi connectivity index (χ4n) is 1.67. The lowest BCUT2D eigenvalue weighted by atomic mass is 10.2. The van der Waals surface area contributed by atoms with Crippen molar-refractivity contribution in [3.8, 4) is 19.5 Å². The smallest absolute Gasteiger partial charge is 0.0478 e. The molecule has 0 aromatic carbocycles. The monoisotopic (exact) mass is 262 g/mol. The van der Waals surface area contributed by atoms with Gasteiger partial charge < -0.3 is 0 Å². The Kier molecular flexibility index (Phi) is 2.67. The Morgan fingerprint density at radius 2 is 1.56 bits per heavy atom. The van der Waals surface area contributed by atoms with Crippen molar-refractivity contribution < 1.29 is 0 Å². The maximum atomic E-state index is 2.30. The van der Waals surface area contributed by atoms with Crippen molar-refractivity contribution in [2.75, 3.05) is 0 Å². The molecule has 16 heavy (non-hydrogen) atoms. The van der Waals surface area contributed by atoms with Gasteiger partial charge in [-0.2, -0.15) is 0 Å². The lowest BCUT2D eigenvalue weighted by molar-refractivity contribution is 1.56. The molecule has 80 valence electrons. The van der Waals surface area contributed by atoms with Gasteiger partial charge in [0.1, 0.15) is 0 Å². The minimum atomic E-state index is 1.37. The molecule has 0 aliphatic heterocycles. The molecule has 0 bridgehead atoms. The van der Waals surface area contributed by atoms with E-state index in [0.29, 0.717) is 0 Å². The largest absolute Gasteiger partial charge is 0.143 e. The fourth-order valence-corrected chi connectivity index (χ4v) is 4.59. The summed E-state index contributed by atoms with van der Waals surface area (Å²) in [4.78, 5) is 5.55. The second-order valence-corrected chi connectivity index (χ2v) is 6.52. The first kappa shape index (κ1) is 10.3. The SMILES string of the molecule is Cc1cc(-c2cccs2)sc1-c1cccs1. The van der Waals surface area contributed by atoms with Crippen molar-refractivity contribution in [1.82, 2.24) is 0 Å². The zero-order valence-corrected chi connectivity index (χ0v) is 11.2. The van der Waals surface area contributed by atoms with E-state index in [4.69, 9.17) is 0 Å². The topological polar surface area (TPSA) is 0 Å². The van der Waals surface area contributed by atoms with Crippen molar-refractivity contribution in [2.45, 2.75) is 6.92 Å². The van der Waals surface area contributed by atoms with E-state index in [9.17, 15) is 0 Å². The molecule has 0 atom stereocenters. The first-order chi connectivity index (χ1) is 7.84. The lowest BCUT2D eigenvalue weighted by Crippen LogP contribution is -1.66. The molecule has 0 aliphatic carbocycles. The molecule has 0 nitrogen and oxygen atoms in total. The van der Waals surface area contributed by atoms with Gasteiger partial charge in [-0.25, -0.2) is 0 Å². The highest BCUT2D eigenvalue weighted by Crippen LogP contribution is 2.40. The summed E-state index contributed by atoms with van der Waals surface area (Å²) in [6, 6.07) is 10.9. The second-order valence-electron chi connectivity index (χ2n) is 3.58. The van der Waals surface area contributed by atoms with Crippen molar-refractivity contribution in [3.63, 3.8) is 0 Å². The molecule has 0 N–H and O–H groups in total. The average Bonchev–Trinajstić information content (AvgIpc) is 2.97. The Hall–Kier alpha value is -0.900. The van der Waals surface area contributed by atoms with Crippen LogP contribution in [0.4, 0.5) is 0 Å². The summed E-state index contributed by atoms with van der Waals surface area (Å²) in [5.41, 5.74) is 1.39. The number of thiophene rings is 3. The zero-order chi connectivity index (χ0) is 11.0. The van der Waals surface area contributed by atoms with E-state index in [1.54, 1.807) is 0 Å². The predicted octanol–water partition coefficient (Wildman–Crippen LogP) is 5.51. The Morgan fingerprint density at radius 1 is 0.875 bits per heavy atom. The normalized spacial score (nSPS) is 10.8. The molecule has 0 saturated carbocycles. The summed E-state index contributed by atoms with van der Waals surface area (Å²) in [6.45, 7) is 2.20. The van der Waals surface area contributed by atoms with Gasteiger partial charge in [-0.1, -0.05) is 12.1 Å². The zero-order valence-electron chi connectivity index (χ0n) is 8.77. The number of hydrogen-bond donors (Lipinski definition) is 0. The van der Waals surface area contributed by atoms with Crippen LogP contribution in [0.15, 0.2) is 41.1 Å². The molecular weight excluding hydrogens is 252 g/mol. The second kappa shape index (κ2) is 4.17. The quantitative estimate of drug-likeness (QED) is 0.571. The van der Waals surface area contributed by atoms with Gasteiger partial charge in [0.15, 0.2) is 0 Å². The van der Waals surface area contributed by atoms with E-state index in [1.807, 2.05) is 34.0 Å². The van der Waals surface area contributed by atoms with Gasteiger partial charge in [0, 0.05) is 19.5 Å². The highest BCUT2D eigenvalue weighted by molar-refractivity contribution is 7.25. The Balaban J connectivity index is 2.09. The summed E-state index contributed by atoms with van der Waals surface area (Å²) in [5, 5.41) is 4.27. The van der Waals surface area contributed by atoms with Crippen molar-refractivity contribution >= 4 is 34.0 Å². The van der Waals surface area contributed by atoms with Crippen LogP contribution < -0.4 is 0 Å². The van der Waals surface area contributed by atoms with E-state index in [-0.39, 0.29) is 0 Å². The van der Waals surface area contributed by atoms with E-state index >= 15 is 0 Å². The van der Waals surface area contributed by atoms with Crippen molar-refractivity contribution in [3.05, 3.63) is 46.7 Å². The summed E-state index contributed by atoms with van der Waals surface area (Å²) in [6.07, 6.45) is 0. The van der Waals surface area contributed by atoms with Gasteiger partial charge in [0.05, 0.1) is 0 Å². The molecule has 0 amide bonds. The Morgan fingerprint density at radius 3 is 2.19 bits per heavy atom. The van der Waals surface area contributed by atoms with Crippen LogP contribution in [0.3, 0.4) is 0 Å². The van der Waals surface area contributed by atoms with Crippen LogP contribution in [0, 0.1) is 6.92 Å². The number of aryl methyl sites for hydroxylation is 1. The first-order valence-electron chi connectivity index (χ1n) is 5.03. The van der Waals surface area contributed by atoms with E-state index in [2.05, 4.69) is 48.0 Å². The molecule has 0 aliphatic rings. The standard InChI is InChI=1S/C13H10S3/c1-9-8-12(10-4-2-6-14-10)16-13(9)11-5-3-7-15-11/h2-8H,1H3. The van der Waals surface area contributed by atoms with Crippen LogP contribution in [0.1, 0.15) is 5.56 Å². The molecule has 3 heterocycles. The van der Waals surface area contributed by atoms with Gasteiger partial charge >= 0.3 is 0 Å². The minimum Gasteiger partial charge on any atom is -0.143 e. The average molecular weight is 262 g/mol. The van der Waals surface area contributed by atoms with Crippen molar-refractivity contribution in [2.24, 2.45) is 0 Å². The highest BCUT2D eigenvalue weighted by atomic mass is 32.1.